The van der Waals surface area contributed by atoms with Crippen LogP contribution in [0.15, 0.2) is 83.8 Å². The second kappa shape index (κ2) is 9.37. The Morgan fingerprint density at radius 2 is 1.59 bits per heavy atom. The van der Waals surface area contributed by atoms with Gasteiger partial charge in [-0.3, -0.25) is 4.79 Å². The zero-order chi connectivity index (χ0) is 23.3. The Hall–Kier alpha value is -4.79. The number of anilines is 5. The third-order valence-corrected chi connectivity index (χ3v) is 5.06. The normalized spacial score (nSPS) is 10.7. The number of pyridine rings is 1. The minimum Gasteiger partial charge on any atom is -0.356 e. The van der Waals surface area contributed by atoms with E-state index in [1.807, 2.05) is 67.6 Å². The summed E-state index contributed by atoms with van der Waals surface area (Å²) >= 11 is 0. The average molecular weight is 451 g/mol. The van der Waals surface area contributed by atoms with Gasteiger partial charge < -0.3 is 20.5 Å². The second-order valence-electron chi connectivity index (χ2n) is 7.68. The van der Waals surface area contributed by atoms with Crippen LogP contribution in [0, 0.1) is 6.92 Å². The number of carbonyl (C=O) groups is 1. The summed E-state index contributed by atoms with van der Waals surface area (Å²) in [5, 5.41) is 14.1. The number of fused-ring (bicyclic) bond motifs is 1. The van der Waals surface area contributed by atoms with E-state index in [9.17, 15) is 4.79 Å². The molecule has 3 heterocycles. The van der Waals surface area contributed by atoms with Gasteiger partial charge in [-0.25, -0.2) is 15.0 Å². The summed E-state index contributed by atoms with van der Waals surface area (Å²) in [5.41, 5.74) is 3.88. The van der Waals surface area contributed by atoms with Crippen molar-refractivity contribution in [3.63, 3.8) is 0 Å². The molecule has 0 fully saturated rings. The van der Waals surface area contributed by atoms with Crippen molar-refractivity contribution in [2.45, 2.75) is 13.3 Å². The monoisotopic (exact) mass is 451 g/mol. The van der Waals surface area contributed by atoms with Gasteiger partial charge in [-0.1, -0.05) is 17.3 Å². The number of aryl methyl sites for hydroxylation is 1. The van der Waals surface area contributed by atoms with Crippen LogP contribution in [0.5, 0.6) is 0 Å². The molecule has 1 amide bonds. The molecular weight excluding hydrogens is 430 g/mol. The van der Waals surface area contributed by atoms with E-state index in [1.54, 1.807) is 12.3 Å². The molecule has 5 aromatic rings. The van der Waals surface area contributed by atoms with Crippen LogP contribution in [-0.2, 0) is 11.2 Å². The van der Waals surface area contributed by atoms with Gasteiger partial charge in [0.15, 0.2) is 5.58 Å². The largest absolute Gasteiger partial charge is 0.356 e. The zero-order valence-corrected chi connectivity index (χ0v) is 18.3. The minimum atomic E-state index is -0.170. The molecule has 0 saturated heterocycles. The number of nitrogens with zero attached hydrogens (tertiary/aromatic N) is 4. The molecule has 9 nitrogen and oxygen atoms in total. The predicted molar refractivity (Wildman–Crippen MR) is 130 cm³/mol. The molecule has 3 aromatic heterocycles. The van der Waals surface area contributed by atoms with E-state index < -0.39 is 0 Å². The lowest BCUT2D eigenvalue weighted by molar-refractivity contribution is -0.115. The maximum absolute atomic E-state index is 12.5. The molecule has 0 radical (unpaired) electrons. The van der Waals surface area contributed by atoms with Gasteiger partial charge in [0.25, 0.3) is 0 Å². The van der Waals surface area contributed by atoms with E-state index in [4.69, 9.17) is 4.52 Å². The van der Waals surface area contributed by atoms with Gasteiger partial charge in [0.1, 0.15) is 29.5 Å². The molecule has 0 saturated carbocycles. The third kappa shape index (κ3) is 4.99. The van der Waals surface area contributed by atoms with Crippen molar-refractivity contribution < 1.29 is 9.32 Å². The Labute approximate surface area is 195 Å². The molecule has 0 bridgehead atoms. The number of hydrogen-bond donors (Lipinski definition) is 3. The van der Waals surface area contributed by atoms with Crippen LogP contribution < -0.4 is 16.0 Å². The van der Waals surface area contributed by atoms with E-state index in [0.29, 0.717) is 34.4 Å². The fourth-order valence-corrected chi connectivity index (χ4v) is 3.44. The first kappa shape index (κ1) is 21.1. The maximum atomic E-state index is 12.5. The minimum absolute atomic E-state index is 0.128. The highest BCUT2D eigenvalue weighted by Crippen LogP contribution is 2.21. The Balaban J connectivity index is 1.20. The van der Waals surface area contributed by atoms with Gasteiger partial charge in [0, 0.05) is 29.0 Å². The van der Waals surface area contributed by atoms with Crippen molar-refractivity contribution in [1.29, 1.82) is 0 Å². The number of aromatic nitrogens is 4. The molecule has 2 aromatic carbocycles. The molecule has 34 heavy (non-hydrogen) atoms. The molecule has 0 unspecified atom stereocenters. The Bertz CT molecular complexity index is 1450. The maximum Gasteiger partial charge on any atom is 0.230 e. The number of carbonyl (C=O) groups excluding carboxylic acids is 1. The number of hydrogen-bond acceptors (Lipinski definition) is 8. The van der Waals surface area contributed by atoms with Crippen LogP contribution in [0.1, 0.15) is 11.3 Å². The fraction of sp³-hybridized carbons (Fsp3) is 0.0800. The molecule has 5 rings (SSSR count). The Morgan fingerprint density at radius 1 is 0.853 bits per heavy atom. The number of nitrogens with one attached hydrogen (secondary N) is 3. The highest BCUT2D eigenvalue weighted by Gasteiger charge is 2.12. The van der Waals surface area contributed by atoms with E-state index in [2.05, 4.69) is 36.1 Å². The number of para-hydroxylation sites is 1. The Kier molecular flexibility index (Phi) is 5.81. The highest BCUT2D eigenvalue weighted by atomic mass is 16.5. The highest BCUT2D eigenvalue weighted by molar-refractivity contribution is 5.94. The van der Waals surface area contributed by atoms with Gasteiger partial charge in [-0.15, -0.1) is 0 Å². The van der Waals surface area contributed by atoms with Crippen molar-refractivity contribution in [3.8, 4) is 0 Å². The fourth-order valence-electron chi connectivity index (χ4n) is 3.44. The van der Waals surface area contributed by atoms with Crippen LogP contribution in [0.2, 0.25) is 0 Å². The summed E-state index contributed by atoms with van der Waals surface area (Å²) in [4.78, 5) is 25.3. The van der Waals surface area contributed by atoms with E-state index in [1.165, 1.54) is 6.33 Å². The van der Waals surface area contributed by atoms with Crippen molar-refractivity contribution in [1.82, 2.24) is 20.1 Å². The summed E-state index contributed by atoms with van der Waals surface area (Å²) < 4.78 is 5.26. The summed E-state index contributed by atoms with van der Waals surface area (Å²) in [5.74, 6) is 1.79. The molecule has 0 aliphatic heterocycles. The van der Waals surface area contributed by atoms with E-state index >= 15 is 0 Å². The topological polar surface area (TPSA) is 118 Å². The summed E-state index contributed by atoms with van der Waals surface area (Å²) in [7, 11) is 0. The first-order valence-corrected chi connectivity index (χ1v) is 10.6. The van der Waals surface area contributed by atoms with Crippen LogP contribution in [-0.4, -0.2) is 26.0 Å². The molecule has 0 atom stereocenters. The van der Waals surface area contributed by atoms with Crippen LogP contribution in [0.4, 0.5) is 28.8 Å². The molecule has 3 N–H and O–H groups in total. The van der Waals surface area contributed by atoms with Crippen molar-refractivity contribution in [2.24, 2.45) is 0 Å². The van der Waals surface area contributed by atoms with Crippen LogP contribution in [0.25, 0.3) is 11.0 Å². The van der Waals surface area contributed by atoms with Gasteiger partial charge in [-0.2, -0.15) is 0 Å². The average Bonchev–Trinajstić information content (AvgIpc) is 3.23. The predicted octanol–water partition coefficient (Wildman–Crippen LogP) is 4.99. The zero-order valence-electron chi connectivity index (χ0n) is 18.3. The van der Waals surface area contributed by atoms with Gasteiger partial charge in [0.2, 0.25) is 5.91 Å². The number of rotatable bonds is 7. The SMILES string of the molecule is Cc1ccnc(Nc2cc(Nc3ccc(NC(=O)Cc4noc5ccccc45)cc3)ncn2)c1. The van der Waals surface area contributed by atoms with Gasteiger partial charge >= 0.3 is 0 Å². The van der Waals surface area contributed by atoms with Crippen molar-refractivity contribution in [3.05, 3.63) is 90.5 Å². The van der Waals surface area contributed by atoms with Gasteiger partial charge in [-0.05, 0) is 61.0 Å². The van der Waals surface area contributed by atoms with Crippen LogP contribution in [0.3, 0.4) is 0 Å². The quantitative estimate of drug-likeness (QED) is 0.317. The second-order valence-corrected chi connectivity index (χ2v) is 7.68. The number of benzene rings is 2. The molecule has 168 valence electrons. The smallest absolute Gasteiger partial charge is 0.230 e. The molecule has 0 aliphatic carbocycles. The van der Waals surface area contributed by atoms with Crippen molar-refractivity contribution >= 4 is 45.7 Å². The van der Waals surface area contributed by atoms with Crippen LogP contribution >= 0.6 is 0 Å². The first-order chi connectivity index (χ1) is 16.6. The van der Waals surface area contributed by atoms with Crippen molar-refractivity contribution in [2.75, 3.05) is 16.0 Å². The van der Waals surface area contributed by atoms with E-state index in [-0.39, 0.29) is 12.3 Å². The first-order valence-electron chi connectivity index (χ1n) is 10.6. The molecular formula is C25H21N7O2. The van der Waals surface area contributed by atoms with Gasteiger partial charge in [0.05, 0.1) is 6.42 Å². The molecule has 9 heteroatoms. The molecule has 0 spiro atoms. The summed E-state index contributed by atoms with van der Waals surface area (Å²) in [6, 6.07) is 20.5. The third-order valence-electron chi connectivity index (χ3n) is 5.06. The van der Waals surface area contributed by atoms with E-state index in [0.717, 1.165) is 16.6 Å². The lowest BCUT2D eigenvalue weighted by Gasteiger charge is -2.10. The number of amides is 1. The Morgan fingerprint density at radius 3 is 2.41 bits per heavy atom. The lowest BCUT2D eigenvalue weighted by atomic mass is 10.1. The summed E-state index contributed by atoms with van der Waals surface area (Å²) in [6.45, 7) is 2.00. The standard InChI is InChI=1S/C25H21N7O2/c1-16-10-11-26-22(12-16)31-24-14-23(27-15-28-24)29-17-6-8-18(9-7-17)30-25(33)13-20-19-4-2-3-5-21(19)34-32-20/h2-12,14-15H,13H2,1H3,(H,30,33)(H2,26,27,28,29,31). The molecule has 0 aliphatic rings. The summed E-state index contributed by atoms with van der Waals surface area (Å²) in [6.07, 6.45) is 3.35. The lowest BCUT2D eigenvalue weighted by Crippen LogP contribution is -2.14.